The standard InChI is InChI=1S/C9H7N.C5H5F3N4/c1-2-4-9-7-10-6-5-8(9)3-1;6-5(7,8)4-11-2(9)1-3(10)12-4/h1-7H;1H,(H4,9,10,11,12). The van der Waals surface area contributed by atoms with E-state index in [1.54, 1.807) is 0 Å². The predicted octanol–water partition coefficient (Wildman–Crippen LogP) is 2.89. The van der Waals surface area contributed by atoms with Gasteiger partial charge in [0.15, 0.2) is 0 Å². The highest BCUT2D eigenvalue weighted by molar-refractivity contribution is 5.80. The second kappa shape index (κ2) is 6.25. The first-order chi connectivity index (χ1) is 10.4. The molecule has 5 nitrogen and oxygen atoms in total. The van der Waals surface area contributed by atoms with Crippen LogP contribution in [0.1, 0.15) is 5.82 Å². The molecule has 0 aliphatic rings. The van der Waals surface area contributed by atoms with Crippen LogP contribution in [0.5, 0.6) is 0 Å². The first-order valence-electron chi connectivity index (χ1n) is 6.12. The van der Waals surface area contributed by atoms with Crippen molar-refractivity contribution >= 4 is 22.4 Å². The van der Waals surface area contributed by atoms with Crippen LogP contribution in [0.4, 0.5) is 24.8 Å². The molecule has 0 atom stereocenters. The van der Waals surface area contributed by atoms with Crippen LogP contribution in [0.25, 0.3) is 10.8 Å². The van der Waals surface area contributed by atoms with Crippen LogP contribution in [-0.2, 0) is 6.18 Å². The van der Waals surface area contributed by atoms with Gasteiger partial charge in [-0.25, -0.2) is 9.97 Å². The summed E-state index contributed by atoms with van der Waals surface area (Å²) in [5.41, 5.74) is 10.0. The second-order valence-electron chi connectivity index (χ2n) is 4.26. The van der Waals surface area contributed by atoms with Crippen molar-refractivity contribution in [3.63, 3.8) is 0 Å². The molecule has 0 spiro atoms. The minimum atomic E-state index is -4.61. The number of hydrogen-bond acceptors (Lipinski definition) is 5. The molecule has 0 unspecified atom stereocenters. The van der Waals surface area contributed by atoms with Crippen LogP contribution in [0.3, 0.4) is 0 Å². The summed E-state index contributed by atoms with van der Waals surface area (Å²) in [6.07, 6.45) is -0.929. The maximum atomic E-state index is 11.9. The summed E-state index contributed by atoms with van der Waals surface area (Å²) in [6.45, 7) is 0. The molecular weight excluding hydrogens is 295 g/mol. The van der Waals surface area contributed by atoms with E-state index in [1.165, 1.54) is 10.8 Å². The van der Waals surface area contributed by atoms with Crippen LogP contribution < -0.4 is 11.5 Å². The van der Waals surface area contributed by atoms with Crippen molar-refractivity contribution in [1.29, 1.82) is 0 Å². The molecule has 0 saturated heterocycles. The molecule has 4 N–H and O–H groups in total. The number of fused-ring (bicyclic) bond motifs is 1. The van der Waals surface area contributed by atoms with Gasteiger partial charge in [0.05, 0.1) is 0 Å². The van der Waals surface area contributed by atoms with Crippen LogP contribution in [0.15, 0.2) is 48.8 Å². The Kier molecular flexibility index (Phi) is 4.40. The number of nitrogen functional groups attached to an aromatic ring is 2. The summed E-state index contributed by atoms with van der Waals surface area (Å²) in [5, 5.41) is 2.45. The van der Waals surface area contributed by atoms with Crippen molar-refractivity contribution < 1.29 is 13.2 Å². The Balaban J connectivity index is 0.000000162. The lowest BCUT2D eigenvalue weighted by Gasteiger charge is -2.05. The third kappa shape index (κ3) is 4.05. The summed E-state index contributed by atoms with van der Waals surface area (Å²) < 4.78 is 35.7. The molecule has 0 aliphatic heterocycles. The Morgan fingerprint density at radius 3 is 2.00 bits per heavy atom. The monoisotopic (exact) mass is 307 g/mol. The fourth-order valence-corrected chi connectivity index (χ4v) is 1.64. The van der Waals surface area contributed by atoms with Gasteiger partial charge >= 0.3 is 6.18 Å². The number of pyridine rings is 1. The quantitative estimate of drug-likeness (QED) is 0.666. The smallest absolute Gasteiger partial charge is 0.384 e. The van der Waals surface area contributed by atoms with Crippen molar-refractivity contribution in [3.8, 4) is 0 Å². The highest BCUT2D eigenvalue weighted by atomic mass is 19.4. The molecule has 2 heterocycles. The van der Waals surface area contributed by atoms with Gasteiger partial charge in [-0.05, 0) is 16.8 Å². The highest BCUT2D eigenvalue weighted by Gasteiger charge is 2.35. The number of rotatable bonds is 0. The number of benzene rings is 1. The van der Waals surface area contributed by atoms with E-state index in [4.69, 9.17) is 11.5 Å². The Labute approximate surface area is 123 Å². The fraction of sp³-hybridized carbons (Fsp3) is 0.0714. The second-order valence-corrected chi connectivity index (χ2v) is 4.26. The number of nitrogens with zero attached hydrogens (tertiary/aromatic N) is 3. The van der Waals surface area contributed by atoms with Gasteiger partial charge in [-0.15, -0.1) is 0 Å². The Bertz CT molecular complexity index is 688. The molecule has 0 amide bonds. The normalized spacial score (nSPS) is 10.9. The van der Waals surface area contributed by atoms with Gasteiger partial charge in [0.2, 0.25) is 5.82 Å². The maximum absolute atomic E-state index is 11.9. The van der Waals surface area contributed by atoms with E-state index in [2.05, 4.69) is 27.1 Å². The Morgan fingerprint density at radius 1 is 0.864 bits per heavy atom. The molecule has 2 aromatic heterocycles. The van der Waals surface area contributed by atoms with Crippen molar-refractivity contribution in [2.24, 2.45) is 0 Å². The molecule has 0 bridgehead atoms. The van der Waals surface area contributed by atoms with Gasteiger partial charge in [-0.1, -0.05) is 24.3 Å². The van der Waals surface area contributed by atoms with E-state index in [-0.39, 0.29) is 11.6 Å². The molecule has 0 aliphatic carbocycles. The topological polar surface area (TPSA) is 90.7 Å². The molecule has 114 valence electrons. The number of aromatic nitrogens is 3. The Morgan fingerprint density at radius 2 is 1.45 bits per heavy atom. The molecule has 3 aromatic rings. The molecule has 0 fully saturated rings. The van der Waals surface area contributed by atoms with E-state index >= 15 is 0 Å². The third-order valence-electron chi connectivity index (χ3n) is 2.57. The molecule has 1 aromatic carbocycles. The number of nitrogens with two attached hydrogens (primary N) is 2. The third-order valence-corrected chi connectivity index (χ3v) is 2.57. The predicted molar refractivity (Wildman–Crippen MR) is 77.6 cm³/mol. The molecule has 22 heavy (non-hydrogen) atoms. The summed E-state index contributed by atoms with van der Waals surface area (Å²) in [5.74, 6) is -1.91. The lowest BCUT2D eigenvalue weighted by Crippen LogP contribution is -2.13. The minimum absolute atomic E-state index is 0.296. The average Bonchev–Trinajstić information content (AvgIpc) is 2.46. The van der Waals surface area contributed by atoms with E-state index < -0.39 is 12.0 Å². The van der Waals surface area contributed by atoms with Crippen LogP contribution in [-0.4, -0.2) is 15.0 Å². The molecule has 3 rings (SSSR count). The number of hydrogen-bond donors (Lipinski definition) is 2. The van der Waals surface area contributed by atoms with Gasteiger partial charge in [0.1, 0.15) is 11.6 Å². The molecule has 0 radical (unpaired) electrons. The van der Waals surface area contributed by atoms with Crippen LogP contribution >= 0.6 is 0 Å². The maximum Gasteiger partial charge on any atom is 0.451 e. The zero-order valence-corrected chi connectivity index (χ0v) is 11.2. The van der Waals surface area contributed by atoms with Crippen molar-refractivity contribution in [1.82, 2.24) is 15.0 Å². The SMILES string of the molecule is Nc1cc(N)nc(C(F)(F)F)n1.c1ccc2cnccc2c1. The minimum Gasteiger partial charge on any atom is -0.384 e. The van der Waals surface area contributed by atoms with Gasteiger partial charge in [0, 0.05) is 18.5 Å². The Hall–Kier alpha value is -2.90. The molecule has 0 saturated carbocycles. The first kappa shape index (κ1) is 15.5. The number of halogens is 3. The van der Waals surface area contributed by atoms with E-state index in [0.717, 1.165) is 6.07 Å². The molecular formula is C14H12F3N5. The molecule has 8 heteroatoms. The van der Waals surface area contributed by atoms with Crippen LogP contribution in [0, 0.1) is 0 Å². The van der Waals surface area contributed by atoms with Gasteiger partial charge in [0.25, 0.3) is 0 Å². The van der Waals surface area contributed by atoms with E-state index in [0.29, 0.717) is 0 Å². The lowest BCUT2D eigenvalue weighted by atomic mass is 10.2. The van der Waals surface area contributed by atoms with Gasteiger partial charge < -0.3 is 11.5 Å². The summed E-state index contributed by atoms with van der Waals surface area (Å²) in [6, 6.07) is 11.2. The van der Waals surface area contributed by atoms with E-state index in [1.807, 2.05) is 30.6 Å². The van der Waals surface area contributed by atoms with Gasteiger partial charge in [-0.2, -0.15) is 13.2 Å². The average molecular weight is 307 g/mol. The van der Waals surface area contributed by atoms with Crippen LogP contribution in [0.2, 0.25) is 0 Å². The van der Waals surface area contributed by atoms with Crippen molar-refractivity contribution in [3.05, 3.63) is 54.6 Å². The van der Waals surface area contributed by atoms with E-state index in [9.17, 15) is 13.2 Å². The fourth-order valence-electron chi connectivity index (χ4n) is 1.64. The van der Waals surface area contributed by atoms with Crippen molar-refractivity contribution in [2.45, 2.75) is 6.18 Å². The number of alkyl halides is 3. The largest absolute Gasteiger partial charge is 0.451 e. The zero-order chi connectivity index (χ0) is 16.2. The summed E-state index contributed by atoms with van der Waals surface area (Å²) >= 11 is 0. The number of anilines is 2. The van der Waals surface area contributed by atoms with Gasteiger partial charge in [-0.3, -0.25) is 4.98 Å². The summed E-state index contributed by atoms with van der Waals surface area (Å²) in [4.78, 5) is 9.95. The highest BCUT2D eigenvalue weighted by Crippen LogP contribution is 2.26. The van der Waals surface area contributed by atoms with Crippen molar-refractivity contribution in [2.75, 3.05) is 11.5 Å². The lowest BCUT2D eigenvalue weighted by molar-refractivity contribution is -0.144. The first-order valence-corrected chi connectivity index (χ1v) is 6.12. The zero-order valence-electron chi connectivity index (χ0n) is 11.2. The summed E-state index contributed by atoms with van der Waals surface area (Å²) in [7, 11) is 0.